The standard InChI is InChI=1S/C22H24N2O2/c1-25-20-11-5-7-17(14-20)13-19-10-6-12-24(19)16-22-23-15-21(26-22)18-8-3-2-4-9-18/h2-5,7-9,11,14-15,19H,6,10,12-13,16H2,1H3/t19-/m0/s1. The van der Waals surface area contributed by atoms with Crippen LogP contribution in [0.15, 0.2) is 65.2 Å². The van der Waals surface area contributed by atoms with Crippen LogP contribution >= 0.6 is 0 Å². The number of methoxy groups -OCH3 is 1. The van der Waals surface area contributed by atoms with Crippen molar-refractivity contribution >= 4 is 0 Å². The molecule has 0 saturated carbocycles. The summed E-state index contributed by atoms with van der Waals surface area (Å²) in [6.45, 7) is 1.86. The van der Waals surface area contributed by atoms with E-state index in [4.69, 9.17) is 9.15 Å². The Labute approximate surface area is 154 Å². The van der Waals surface area contributed by atoms with Gasteiger partial charge in [0.2, 0.25) is 5.89 Å². The molecule has 3 aromatic rings. The summed E-state index contributed by atoms with van der Waals surface area (Å²) in [6, 6.07) is 19.0. The first-order chi connectivity index (χ1) is 12.8. The van der Waals surface area contributed by atoms with Gasteiger partial charge in [-0.1, -0.05) is 42.5 Å². The van der Waals surface area contributed by atoms with Crippen LogP contribution in [-0.2, 0) is 13.0 Å². The maximum Gasteiger partial charge on any atom is 0.209 e. The second kappa shape index (κ2) is 7.75. The second-order valence-electron chi connectivity index (χ2n) is 6.81. The van der Waals surface area contributed by atoms with Crippen LogP contribution in [0.1, 0.15) is 24.3 Å². The number of hydrogen-bond donors (Lipinski definition) is 0. The van der Waals surface area contributed by atoms with Crippen molar-refractivity contribution in [1.29, 1.82) is 0 Å². The van der Waals surface area contributed by atoms with E-state index in [9.17, 15) is 0 Å². The minimum atomic E-state index is 0.522. The van der Waals surface area contributed by atoms with Gasteiger partial charge in [-0.2, -0.15) is 0 Å². The van der Waals surface area contributed by atoms with E-state index < -0.39 is 0 Å². The molecular weight excluding hydrogens is 324 g/mol. The molecule has 1 atom stereocenters. The van der Waals surface area contributed by atoms with E-state index in [2.05, 4.69) is 28.1 Å². The molecule has 0 bridgehead atoms. The summed E-state index contributed by atoms with van der Waals surface area (Å²) in [6.07, 6.45) is 5.30. The molecule has 4 rings (SSSR count). The molecule has 1 aliphatic heterocycles. The summed E-state index contributed by atoms with van der Waals surface area (Å²) in [5, 5.41) is 0. The summed E-state index contributed by atoms with van der Waals surface area (Å²) in [7, 11) is 1.72. The molecule has 0 aliphatic carbocycles. The van der Waals surface area contributed by atoms with Crippen molar-refractivity contribution in [2.45, 2.75) is 31.8 Å². The lowest BCUT2D eigenvalue weighted by Gasteiger charge is -2.23. The summed E-state index contributed by atoms with van der Waals surface area (Å²) >= 11 is 0. The van der Waals surface area contributed by atoms with E-state index in [1.54, 1.807) is 7.11 Å². The number of likely N-dealkylation sites (tertiary alicyclic amines) is 1. The van der Waals surface area contributed by atoms with Gasteiger partial charge in [-0.3, -0.25) is 4.90 Å². The Balaban J connectivity index is 1.43. The smallest absolute Gasteiger partial charge is 0.209 e. The number of hydrogen-bond acceptors (Lipinski definition) is 4. The van der Waals surface area contributed by atoms with Crippen LogP contribution in [-0.4, -0.2) is 29.6 Å². The summed E-state index contributed by atoms with van der Waals surface area (Å²) < 4.78 is 11.3. The van der Waals surface area contributed by atoms with E-state index in [1.807, 2.05) is 42.6 Å². The first-order valence-electron chi connectivity index (χ1n) is 9.19. The van der Waals surface area contributed by atoms with Crippen LogP contribution < -0.4 is 4.74 Å². The van der Waals surface area contributed by atoms with Gasteiger partial charge in [-0.15, -0.1) is 0 Å². The molecule has 4 heteroatoms. The zero-order chi connectivity index (χ0) is 17.8. The molecule has 26 heavy (non-hydrogen) atoms. The number of benzene rings is 2. The van der Waals surface area contributed by atoms with E-state index in [1.165, 1.54) is 18.4 Å². The highest BCUT2D eigenvalue weighted by molar-refractivity contribution is 5.55. The number of aromatic nitrogens is 1. The second-order valence-corrected chi connectivity index (χ2v) is 6.81. The fraction of sp³-hybridized carbons (Fsp3) is 0.318. The predicted molar refractivity (Wildman–Crippen MR) is 102 cm³/mol. The van der Waals surface area contributed by atoms with Gasteiger partial charge in [0.15, 0.2) is 5.76 Å². The van der Waals surface area contributed by atoms with Gasteiger partial charge in [0.1, 0.15) is 5.75 Å². The van der Waals surface area contributed by atoms with Crippen LogP contribution in [0, 0.1) is 0 Å². The van der Waals surface area contributed by atoms with Crippen molar-refractivity contribution < 1.29 is 9.15 Å². The minimum absolute atomic E-state index is 0.522. The Kier molecular flexibility index (Phi) is 5.02. The van der Waals surface area contributed by atoms with Gasteiger partial charge < -0.3 is 9.15 Å². The average molecular weight is 348 g/mol. The third-order valence-electron chi connectivity index (χ3n) is 5.05. The molecule has 4 nitrogen and oxygen atoms in total. The number of nitrogens with zero attached hydrogens (tertiary/aromatic N) is 2. The zero-order valence-corrected chi connectivity index (χ0v) is 15.1. The molecular formula is C22H24N2O2. The van der Waals surface area contributed by atoms with Crippen molar-refractivity contribution in [3.8, 4) is 17.1 Å². The number of ether oxygens (including phenoxy) is 1. The van der Waals surface area contributed by atoms with Crippen LogP contribution in [0.5, 0.6) is 5.75 Å². The molecule has 1 aromatic heterocycles. The number of rotatable bonds is 6. The van der Waals surface area contributed by atoms with Crippen molar-refractivity contribution in [1.82, 2.24) is 9.88 Å². The highest BCUT2D eigenvalue weighted by Gasteiger charge is 2.26. The van der Waals surface area contributed by atoms with Crippen molar-refractivity contribution in [3.63, 3.8) is 0 Å². The third-order valence-corrected chi connectivity index (χ3v) is 5.05. The lowest BCUT2D eigenvalue weighted by atomic mass is 10.0. The Hall–Kier alpha value is -2.59. The fourth-order valence-electron chi connectivity index (χ4n) is 3.70. The van der Waals surface area contributed by atoms with Crippen molar-refractivity contribution in [2.24, 2.45) is 0 Å². The van der Waals surface area contributed by atoms with E-state index in [0.29, 0.717) is 6.04 Å². The maximum atomic E-state index is 5.99. The minimum Gasteiger partial charge on any atom is -0.497 e. The lowest BCUT2D eigenvalue weighted by molar-refractivity contribution is 0.221. The summed E-state index contributed by atoms with van der Waals surface area (Å²) in [5.74, 6) is 2.55. The van der Waals surface area contributed by atoms with Crippen LogP contribution in [0.3, 0.4) is 0 Å². The predicted octanol–water partition coefficient (Wildman–Crippen LogP) is 4.56. The molecule has 0 amide bonds. The van der Waals surface area contributed by atoms with Gasteiger partial charge in [-0.05, 0) is 43.5 Å². The topological polar surface area (TPSA) is 38.5 Å². The first-order valence-corrected chi connectivity index (χ1v) is 9.19. The third kappa shape index (κ3) is 3.81. The Morgan fingerprint density at radius 2 is 2.04 bits per heavy atom. The van der Waals surface area contributed by atoms with E-state index in [-0.39, 0.29) is 0 Å². The van der Waals surface area contributed by atoms with Crippen LogP contribution in [0.2, 0.25) is 0 Å². The molecule has 0 radical (unpaired) electrons. The Morgan fingerprint density at radius 3 is 2.88 bits per heavy atom. The van der Waals surface area contributed by atoms with Gasteiger partial charge in [-0.25, -0.2) is 4.98 Å². The van der Waals surface area contributed by atoms with Crippen LogP contribution in [0.4, 0.5) is 0 Å². The molecule has 1 fully saturated rings. The zero-order valence-electron chi connectivity index (χ0n) is 15.1. The SMILES string of the molecule is COc1cccc(C[C@@H]2CCCN2Cc2ncc(-c3ccccc3)o2)c1. The summed E-state index contributed by atoms with van der Waals surface area (Å²) in [4.78, 5) is 6.98. The quantitative estimate of drug-likeness (QED) is 0.655. The highest BCUT2D eigenvalue weighted by atomic mass is 16.5. The van der Waals surface area contributed by atoms with Crippen molar-refractivity contribution in [2.75, 3.05) is 13.7 Å². The molecule has 0 spiro atoms. The largest absolute Gasteiger partial charge is 0.497 e. The van der Waals surface area contributed by atoms with E-state index >= 15 is 0 Å². The van der Waals surface area contributed by atoms with Gasteiger partial charge >= 0.3 is 0 Å². The Morgan fingerprint density at radius 1 is 1.15 bits per heavy atom. The van der Waals surface area contributed by atoms with Crippen molar-refractivity contribution in [3.05, 3.63) is 72.2 Å². The molecule has 0 N–H and O–H groups in total. The molecule has 1 aliphatic rings. The maximum absolute atomic E-state index is 5.99. The van der Waals surface area contributed by atoms with Gasteiger partial charge in [0.05, 0.1) is 19.9 Å². The van der Waals surface area contributed by atoms with E-state index in [0.717, 1.165) is 42.5 Å². The molecule has 1 saturated heterocycles. The van der Waals surface area contributed by atoms with Gasteiger partial charge in [0.25, 0.3) is 0 Å². The van der Waals surface area contributed by atoms with Crippen LogP contribution in [0.25, 0.3) is 11.3 Å². The number of oxazole rings is 1. The first kappa shape index (κ1) is 16.9. The normalized spacial score (nSPS) is 17.5. The van der Waals surface area contributed by atoms with Gasteiger partial charge in [0, 0.05) is 11.6 Å². The Bertz CT molecular complexity index is 844. The lowest BCUT2D eigenvalue weighted by Crippen LogP contribution is -2.30. The molecule has 2 aromatic carbocycles. The highest BCUT2D eigenvalue weighted by Crippen LogP contribution is 2.26. The molecule has 0 unspecified atom stereocenters. The molecule has 134 valence electrons. The average Bonchev–Trinajstić information content (AvgIpc) is 3.33. The molecule has 2 heterocycles. The summed E-state index contributed by atoms with van der Waals surface area (Å²) in [5.41, 5.74) is 2.39. The monoisotopic (exact) mass is 348 g/mol. The fourth-order valence-corrected chi connectivity index (χ4v) is 3.70.